The second-order valence-corrected chi connectivity index (χ2v) is 17.4. The summed E-state index contributed by atoms with van der Waals surface area (Å²) in [5, 5.41) is 23.7. The molecule has 5 aromatic rings. The summed E-state index contributed by atoms with van der Waals surface area (Å²) in [6, 6.07) is 20.0. The zero-order valence-corrected chi connectivity index (χ0v) is 28.6. The van der Waals surface area contributed by atoms with Gasteiger partial charge in [-0.1, -0.05) is 54.1 Å². The normalized spacial score (nSPS) is 22.2. The lowest BCUT2D eigenvalue weighted by molar-refractivity contribution is -0.146. The van der Waals surface area contributed by atoms with Crippen molar-refractivity contribution in [2.24, 2.45) is 5.92 Å². The molecule has 48 heavy (non-hydrogen) atoms. The van der Waals surface area contributed by atoms with Gasteiger partial charge in [0.2, 0.25) is 8.41 Å². The number of amides is 1. The van der Waals surface area contributed by atoms with Crippen LogP contribution in [0.5, 0.6) is 0 Å². The minimum atomic E-state index is -3.35. The van der Waals surface area contributed by atoms with Gasteiger partial charge >= 0.3 is 0 Å². The molecule has 1 spiro atoms. The van der Waals surface area contributed by atoms with E-state index in [9.17, 15) is 14.7 Å². The van der Waals surface area contributed by atoms with Gasteiger partial charge in [0, 0.05) is 53.2 Å². The van der Waals surface area contributed by atoms with Gasteiger partial charge in [-0.15, -0.1) is 5.10 Å². The molecule has 7 rings (SSSR count). The van der Waals surface area contributed by atoms with Gasteiger partial charge in [-0.2, -0.15) is 9.78 Å². The van der Waals surface area contributed by atoms with E-state index >= 15 is 4.11 Å². The van der Waals surface area contributed by atoms with Crippen LogP contribution in [0.1, 0.15) is 30.2 Å². The number of aliphatic hydroxyl groups is 1. The van der Waals surface area contributed by atoms with E-state index in [1.165, 1.54) is 4.68 Å². The lowest BCUT2D eigenvalue weighted by atomic mass is 9.82. The molecule has 1 amide bonds. The van der Waals surface area contributed by atoms with E-state index in [0.717, 1.165) is 10.9 Å². The van der Waals surface area contributed by atoms with Crippen LogP contribution in [0.2, 0.25) is 23.7 Å². The number of nitrogens with zero attached hydrogens (tertiary/aromatic N) is 6. The maximum atomic E-state index is 16.2. The number of ether oxygens (including phenoxy) is 1. The van der Waals surface area contributed by atoms with Crippen molar-refractivity contribution >= 4 is 42.4 Å². The Balaban J connectivity index is 1.19. The zero-order valence-electron chi connectivity index (χ0n) is 26.9. The summed E-state index contributed by atoms with van der Waals surface area (Å²) in [7, 11) is -3.35. The third-order valence-electron chi connectivity index (χ3n) is 9.74. The molecule has 248 valence electrons. The molecular weight excluding hydrogens is 651 g/mol. The molecule has 4 atom stereocenters. The molecule has 0 bridgehead atoms. The van der Waals surface area contributed by atoms with E-state index in [1.54, 1.807) is 53.3 Å². The van der Waals surface area contributed by atoms with Crippen LogP contribution in [-0.4, -0.2) is 56.9 Å². The Morgan fingerprint density at radius 2 is 1.85 bits per heavy atom. The quantitative estimate of drug-likeness (QED) is 0.159. The van der Waals surface area contributed by atoms with Crippen LogP contribution in [0, 0.1) is 5.92 Å². The third-order valence-corrected chi connectivity index (χ3v) is 12.4. The first-order chi connectivity index (χ1) is 23.0. The highest BCUT2D eigenvalue weighted by molar-refractivity contribution is 6.72. The highest BCUT2D eigenvalue weighted by Crippen LogP contribution is 2.60. The number of hydrogen-bond acceptors (Lipinski definition) is 7. The maximum absolute atomic E-state index is 16.2. The number of aryl methyl sites for hydroxylation is 1. The smallest absolute Gasteiger partial charge is 0.279 e. The van der Waals surface area contributed by atoms with Crippen LogP contribution in [0.4, 0.5) is 9.80 Å². The number of benzene rings is 3. The van der Waals surface area contributed by atoms with Crippen molar-refractivity contribution < 1.29 is 18.7 Å². The fraction of sp³-hybridized carbons (Fsp3) is 0.343. The average Bonchev–Trinajstić information content (AvgIpc) is 3.71. The molecule has 4 heterocycles. The van der Waals surface area contributed by atoms with Gasteiger partial charge in [0.25, 0.3) is 11.5 Å². The first-order valence-electron chi connectivity index (χ1n) is 16.1. The number of carbonyl (C=O) groups excluding carboxylic acids is 1. The number of hydrogen-bond donors (Lipinski definition) is 1. The number of aliphatic hydroxyl groups excluding tert-OH is 1. The molecule has 3 aromatic carbocycles. The van der Waals surface area contributed by atoms with E-state index in [4.69, 9.17) is 16.3 Å². The fourth-order valence-corrected chi connectivity index (χ4v) is 10.3. The van der Waals surface area contributed by atoms with E-state index < -0.39 is 31.6 Å². The molecule has 2 aliphatic rings. The SMILES string of the molecule is C[C@H]1[C@H]([Si](C)(C)F)[C@@H](CCn2cc(CCO)nn2)O[C@]12C(=O)N(Cc1ccc(-n3ncc4ccccc4c3=O)cc1)c1ccc(Cl)cc12. The second-order valence-electron chi connectivity index (χ2n) is 13.2. The van der Waals surface area contributed by atoms with Crippen LogP contribution >= 0.6 is 11.6 Å². The summed E-state index contributed by atoms with van der Waals surface area (Å²) < 4.78 is 26.1. The summed E-state index contributed by atoms with van der Waals surface area (Å²) >= 11 is 6.52. The van der Waals surface area contributed by atoms with Crippen molar-refractivity contribution in [2.45, 2.75) is 63.2 Å². The predicted molar refractivity (Wildman–Crippen MR) is 183 cm³/mol. The van der Waals surface area contributed by atoms with E-state index in [1.807, 2.05) is 55.5 Å². The highest BCUT2D eigenvalue weighted by atomic mass is 35.5. The summed E-state index contributed by atoms with van der Waals surface area (Å²) in [6.07, 6.45) is 3.73. The molecule has 1 fully saturated rings. The molecule has 0 aliphatic carbocycles. The Morgan fingerprint density at radius 1 is 1.08 bits per heavy atom. The van der Waals surface area contributed by atoms with Gasteiger partial charge in [0.1, 0.15) is 0 Å². The van der Waals surface area contributed by atoms with Gasteiger partial charge in [-0.25, -0.2) is 0 Å². The van der Waals surface area contributed by atoms with Crippen LogP contribution < -0.4 is 10.5 Å². The minimum absolute atomic E-state index is 0.0272. The Kier molecular flexibility index (Phi) is 8.31. The summed E-state index contributed by atoms with van der Waals surface area (Å²) in [5.41, 5.74) is 1.35. The lowest BCUT2D eigenvalue weighted by Gasteiger charge is -2.31. The Bertz CT molecular complexity index is 2070. The average molecular weight is 687 g/mol. The van der Waals surface area contributed by atoms with Crippen molar-refractivity contribution in [1.82, 2.24) is 24.8 Å². The molecule has 1 N–H and O–H groups in total. The number of carbonyl (C=O) groups is 1. The molecule has 13 heteroatoms. The lowest BCUT2D eigenvalue weighted by Crippen LogP contribution is -2.45. The van der Waals surface area contributed by atoms with Crippen molar-refractivity contribution in [3.63, 3.8) is 0 Å². The molecule has 2 aliphatic heterocycles. The van der Waals surface area contributed by atoms with Crippen molar-refractivity contribution in [2.75, 3.05) is 11.5 Å². The van der Waals surface area contributed by atoms with Crippen LogP contribution in [0.15, 0.2) is 83.9 Å². The molecule has 0 unspecified atom stereocenters. The molecule has 0 saturated carbocycles. The van der Waals surface area contributed by atoms with Crippen molar-refractivity contribution in [1.29, 1.82) is 0 Å². The topological polar surface area (TPSA) is 115 Å². The summed E-state index contributed by atoms with van der Waals surface area (Å²) in [5.74, 6) is -0.710. The van der Waals surface area contributed by atoms with Crippen LogP contribution in [0.25, 0.3) is 16.5 Å². The summed E-state index contributed by atoms with van der Waals surface area (Å²) in [6.45, 7) is 5.90. The zero-order chi connectivity index (χ0) is 33.8. The largest absolute Gasteiger partial charge is 0.396 e. The van der Waals surface area contributed by atoms with Crippen molar-refractivity contribution in [3.05, 3.63) is 111 Å². The highest BCUT2D eigenvalue weighted by Gasteiger charge is 2.66. The number of anilines is 1. The van der Waals surface area contributed by atoms with Gasteiger partial charge < -0.3 is 18.9 Å². The van der Waals surface area contributed by atoms with Gasteiger partial charge in [0.15, 0.2) is 5.60 Å². The van der Waals surface area contributed by atoms with Crippen LogP contribution in [-0.2, 0) is 34.6 Å². The second kappa shape index (κ2) is 12.3. The number of aromatic nitrogens is 5. The Morgan fingerprint density at radius 3 is 2.60 bits per heavy atom. The van der Waals surface area contributed by atoms with Crippen LogP contribution in [0.3, 0.4) is 0 Å². The minimum Gasteiger partial charge on any atom is -0.396 e. The molecule has 2 aromatic heterocycles. The molecule has 1 saturated heterocycles. The molecule has 0 radical (unpaired) electrons. The van der Waals surface area contributed by atoms with Gasteiger partial charge in [0.05, 0.1) is 41.3 Å². The predicted octanol–water partition coefficient (Wildman–Crippen LogP) is 5.58. The van der Waals surface area contributed by atoms with Gasteiger partial charge in [-0.05, 0) is 61.5 Å². The number of fused-ring (bicyclic) bond motifs is 3. The molecular formula is C35H36ClFN6O4Si. The maximum Gasteiger partial charge on any atom is 0.279 e. The van der Waals surface area contributed by atoms with E-state index in [-0.39, 0.29) is 24.6 Å². The Hall–Kier alpha value is -4.23. The number of rotatable bonds is 9. The standard InChI is InChI=1S/C35H36ClFN6O4Si/c1-22-32(48(2,3)37)31(14-16-41-21-26(15-17-44)39-40-41)47-35(22)29-18-25(36)10-13-30(29)42(34(35)46)20-23-8-11-27(12-9-23)43-33(45)28-7-5-4-6-24(28)19-38-43/h4-13,18-19,21-22,31-32,44H,14-17,20H2,1-3H3/t22-,31+,32-,35+/m0/s1. The van der Waals surface area contributed by atoms with E-state index in [2.05, 4.69) is 15.4 Å². The molecule has 10 nitrogen and oxygen atoms in total. The fourth-order valence-electron chi connectivity index (χ4n) is 7.58. The first-order valence-corrected chi connectivity index (χ1v) is 19.4. The Labute approximate surface area is 282 Å². The first kappa shape index (κ1) is 32.3. The van der Waals surface area contributed by atoms with Gasteiger partial charge in [-0.3, -0.25) is 14.3 Å². The monoisotopic (exact) mass is 686 g/mol. The van der Waals surface area contributed by atoms with E-state index in [0.29, 0.717) is 52.4 Å². The summed E-state index contributed by atoms with van der Waals surface area (Å²) in [4.78, 5) is 29.5. The number of halogens is 2. The van der Waals surface area contributed by atoms with Crippen molar-refractivity contribution in [3.8, 4) is 5.69 Å². The third kappa shape index (κ3) is 5.46.